The summed E-state index contributed by atoms with van der Waals surface area (Å²) in [5.74, 6) is -0.165. The Balaban J connectivity index is 2.54. The van der Waals surface area contributed by atoms with E-state index in [2.05, 4.69) is 20.9 Å². The summed E-state index contributed by atoms with van der Waals surface area (Å²) in [6, 6.07) is 3.31. The minimum absolute atomic E-state index is 0.00404. The normalized spacial score (nSPS) is 11.4. The van der Waals surface area contributed by atoms with Crippen molar-refractivity contribution in [3.63, 3.8) is 0 Å². The molecule has 0 unspecified atom stereocenters. The molecule has 1 aromatic heterocycles. The van der Waals surface area contributed by atoms with Crippen molar-refractivity contribution in [3.8, 4) is 11.5 Å². The summed E-state index contributed by atoms with van der Waals surface area (Å²) in [7, 11) is 2.78. The molecule has 1 N–H and O–H groups in total. The van der Waals surface area contributed by atoms with Crippen LogP contribution in [0.25, 0.3) is 11.6 Å². The van der Waals surface area contributed by atoms with Gasteiger partial charge in [-0.2, -0.15) is 0 Å². The minimum atomic E-state index is -0.475. The third-order valence-electron chi connectivity index (χ3n) is 2.84. The van der Waals surface area contributed by atoms with Crippen LogP contribution >= 0.6 is 27.3 Å². The highest BCUT2D eigenvalue weighted by atomic mass is 79.9. The molecule has 0 fully saturated rings. The van der Waals surface area contributed by atoms with E-state index in [0.29, 0.717) is 26.4 Å². The first-order chi connectivity index (χ1) is 10.5. The van der Waals surface area contributed by atoms with E-state index in [-0.39, 0.29) is 5.75 Å². The van der Waals surface area contributed by atoms with E-state index in [9.17, 15) is 9.90 Å². The van der Waals surface area contributed by atoms with Crippen molar-refractivity contribution in [2.75, 3.05) is 14.2 Å². The number of hydrogen-bond donors (Lipinski definition) is 1. The maximum absolute atomic E-state index is 12.0. The third kappa shape index (κ3) is 3.48. The Morgan fingerprint density at radius 1 is 1.41 bits per heavy atom. The number of aromatic nitrogens is 1. The Morgan fingerprint density at radius 3 is 2.68 bits per heavy atom. The molecule has 0 aliphatic heterocycles. The van der Waals surface area contributed by atoms with Gasteiger partial charge in [0.2, 0.25) is 0 Å². The summed E-state index contributed by atoms with van der Waals surface area (Å²) in [5.41, 5.74) is 1.86. The zero-order valence-electron chi connectivity index (χ0n) is 12.2. The van der Waals surface area contributed by atoms with E-state index in [4.69, 9.17) is 9.47 Å². The molecule has 0 atom stereocenters. The highest BCUT2D eigenvalue weighted by Crippen LogP contribution is 2.36. The quantitative estimate of drug-likeness (QED) is 0.644. The van der Waals surface area contributed by atoms with Gasteiger partial charge in [0.15, 0.2) is 11.5 Å². The number of rotatable bonds is 4. The second kappa shape index (κ2) is 6.93. The SMILES string of the molecule is COC(=O)/C(=C\c1cc(Br)c(O)c(OC)c1)c1nc(C)cs1. The lowest BCUT2D eigenvalue weighted by Crippen LogP contribution is -2.03. The third-order valence-corrected chi connectivity index (χ3v) is 4.43. The van der Waals surface area contributed by atoms with E-state index in [1.165, 1.54) is 25.6 Å². The first kappa shape index (κ1) is 16.5. The lowest BCUT2D eigenvalue weighted by atomic mass is 10.1. The summed E-state index contributed by atoms with van der Waals surface area (Å²) in [6.07, 6.45) is 1.65. The number of carbonyl (C=O) groups is 1. The summed E-state index contributed by atoms with van der Waals surface area (Å²) < 4.78 is 10.4. The van der Waals surface area contributed by atoms with Gasteiger partial charge in [-0.3, -0.25) is 0 Å². The predicted molar refractivity (Wildman–Crippen MR) is 89.1 cm³/mol. The van der Waals surface area contributed by atoms with E-state index >= 15 is 0 Å². The molecule has 0 saturated heterocycles. The summed E-state index contributed by atoms with van der Waals surface area (Å²) in [6.45, 7) is 1.86. The van der Waals surface area contributed by atoms with E-state index in [0.717, 1.165) is 5.69 Å². The van der Waals surface area contributed by atoms with Crippen molar-refractivity contribution in [2.45, 2.75) is 6.92 Å². The van der Waals surface area contributed by atoms with E-state index in [1.54, 1.807) is 18.2 Å². The van der Waals surface area contributed by atoms with E-state index in [1.807, 2.05) is 12.3 Å². The summed E-state index contributed by atoms with van der Waals surface area (Å²) >= 11 is 4.62. The average molecular weight is 384 g/mol. The standard InChI is InChI=1S/C15H14BrNO4S/c1-8-7-22-14(17-8)10(15(19)21-3)4-9-5-11(16)13(18)12(6-9)20-2/h4-7,18H,1-3H3/b10-4-. The van der Waals surface area contributed by atoms with Crippen LogP contribution in [0.5, 0.6) is 11.5 Å². The molecule has 0 amide bonds. The van der Waals surface area contributed by atoms with Crippen molar-refractivity contribution in [1.82, 2.24) is 4.98 Å². The number of halogens is 1. The molecule has 0 saturated carbocycles. The Labute approximate surface area is 140 Å². The van der Waals surface area contributed by atoms with Crippen molar-refractivity contribution in [1.29, 1.82) is 0 Å². The van der Waals surface area contributed by atoms with Crippen molar-refractivity contribution in [2.24, 2.45) is 0 Å². The molecule has 5 nitrogen and oxygen atoms in total. The average Bonchev–Trinajstić information content (AvgIpc) is 2.93. The van der Waals surface area contributed by atoms with Gasteiger partial charge >= 0.3 is 5.97 Å². The molecule has 2 aromatic rings. The number of thiazole rings is 1. The van der Waals surface area contributed by atoms with Crippen LogP contribution in [0.15, 0.2) is 22.0 Å². The zero-order valence-corrected chi connectivity index (χ0v) is 14.6. The molecule has 7 heteroatoms. The lowest BCUT2D eigenvalue weighted by molar-refractivity contribution is -0.133. The second-order valence-electron chi connectivity index (χ2n) is 4.40. The summed E-state index contributed by atoms with van der Waals surface area (Å²) in [4.78, 5) is 16.3. The maximum Gasteiger partial charge on any atom is 0.340 e. The molecule has 0 aliphatic rings. The fraction of sp³-hybridized carbons (Fsp3) is 0.200. The fourth-order valence-corrected chi connectivity index (χ4v) is 3.06. The van der Waals surface area contributed by atoms with Crippen LogP contribution in [-0.4, -0.2) is 30.3 Å². The van der Waals surface area contributed by atoms with Crippen LogP contribution in [0.4, 0.5) is 0 Å². The second-order valence-corrected chi connectivity index (χ2v) is 6.11. The monoisotopic (exact) mass is 383 g/mol. The minimum Gasteiger partial charge on any atom is -0.503 e. The number of benzene rings is 1. The van der Waals surface area contributed by atoms with Crippen molar-refractivity contribution < 1.29 is 19.4 Å². The molecule has 0 aliphatic carbocycles. The van der Waals surface area contributed by atoms with E-state index < -0.39 is 5.97 Å². The number of hydrogen-bond acceptors (Lipinski definition) is 6. The molecular formula is C15H14BrNO4S. The maximum atomic E-state index is 12.0. The number of ether oxygens (including phenoxy) is 2. The number of esters is 1. The molecule has 1 aromatic carbocycles. The summed E-state index contributed by atoms with van der Waals surface area (Å²) in [5, 5.41) is 12.3. The van der Waals surface area contributed by atoms with Crippen LogP contribution in [0, 0.1) is 6.92 Å². The molecule has 0 spiro atoms. The Morgan fingerprint density at radius 2 is 2.14 bits per heavy atom. The van der Waals surface area contributed by atoms with Gasteiger partial charge in [0, 0.05) is 11.1 Å². The van der Waals surface area contributed by atoms with Crippen LogP contribution in [0.3, 0.4) is 0 Å². The number of aryl methyl sites for hydroxylation is 1. The van der Waals surface area contributed by atoms with Crippen LogP contribution in [0.1, 0.15) is 16.3 Å². The van der Waals surface area contributed by atoms with Crippen LogP contribution in [-0.2, 0) is 9.53 Å². The van der Waals surface area contributed by atoms with Gasteiger partial charge in [-0.25, -0.2) is 9.78 Å². The largest absolute Gasteiger partial charge is 0.503 e. The number of methoxy groups -OCH3 is 2. The molecule has 1 heterocycles. The first-order valence-corrected chi connectivity index (χ1v) is 7.92. The molecular weight excluding hydrogens is 370 g/mol. The Kier molecular flexibility index (Phi) is 5.20. The highest BCUT2D eigenvalue weighted by molar-refractivity contribution is 9.10. The predicted octanol–water partition coefficient (Wildman–Crippen LogP) is 3.64. The van der Waals surface area contributed by atoms with Gasteiger partial charge in [-0.15, -0.1) is 11.3 Å². The molecule has 116 valence electrons. The Hall–Kier alpha value is -1.86. The first-order valence-electron chi connectivity index (χ1n) is 6.25. The molecule has 0 radical (unpaired) electrons. The topological polar surface area (TPSA) is 68.7 Å². The van der Waals surface area contributed by atoms with Crippen LogP contribution in [0.2, 0.25) is 0 Å². The van der Waals surface area contributed by atoms with Gasteiger partial charge in [-0.05, 0) is 46.6 Å². The van der Waals surface area contributed by atoms with Gasteiger partial charge in [0.25, 0.3) is 0 Å². The smallest absolute Gasteiger partial charge is 0.340 e. The highest BCUT2D eigenvalue weighted by Gasteiger charge is 2.17. The van der Waals surface area contributed by atoms with Crippen molar-refractivity contribution in [3.05, 3.63) is 38.3 Å². The molecule has 2 rings (SSSR count). The number of phenols is 1. The van der Waals surface area contributed by atoms with Crippen molar-refractivity contribution >= 4 is 44.9 Å². The number of phenolic OH excluding ortho intramolecular Hbond substituents is 1. The Bertz CT molecular complexity index is 739. The van der Waals surface area contributed by atoms with Gasteiger partial charge in [0.05, 0.1) is 24.3 Å². The van der Waals surface area contributed by atoms with Gasteiger partial charge < -0.3 is 14.6 Å². The molecule has 0 bridgehead atoms. The number of aromatic hydroxyl groups is 1. The van der Waals surface area contributed by atoms with Gasteiger partial charge in [0.1, 0.15) is 5.01 Å². The number of carbonyl (C=O) groups excluding carboxylic acids is 1. The number of nitrogens with zero attached hydrogens (tertiary/aromatic N) is 1. The zero-order chi connectivity index (χ0) is 16.3. The lowest BCUT2D eigenvalue weighted by Gasteiger charge is -2.08. The van der Waals surface area contributed by atoms with Crippen LogP contribution < -0.4 is 4.74 Å². The molecule has 22 heavy (non-hydrogen) atoms. The fourth-order valence-electron chi connectivity index (χ4n) is 1.79. The van der Waals surface area contributed by atoms with Gasteiger partial charge in [-0.1, -0.05) is 0 Å².